The second-order valence-electron chi connectivity index (χ2n) is 7.37. The van der Waals surface area contributed by atoms with Gasteiger partial charge in [-0.05, 0) is 25.3 Å². The Labute approximate surface area is 154 Å². The van der Waals surface area contributed by atoms with E-state index in [4.69, 9.17) is 5.11 Å². The summed E-state index contributed by atoms with van der Waals surface area (Å²) in [6.07, 6.45) is 18.9. The van der Waals surface area contributed by atoms with Crippen molar-refractivity contribution >= 4 is 5.97 Å². The van der Waals surface area contributed by atoms with Crippen molar-refractivity contribution in [1.29, 1.82) is 0 Å². The standard InChI is InChI=1S/C22H37NO2/c1-20-21(17-15-19-23(20)2)16-13-11-9-7-5-3-4-6-8-10-12-14-18-22(24)25/h15,17,19H,3-14,16,18H2,1-2H3/p+1. The highest BCUT2D eigenvalue weighted by Gasteiger charge is 2.06. The minimum atomic E-state index is -0.659. The van der Waals surface area contributed by atoms with Crippen LogP contribution in [0, 0.1) is 6.92 Å². The van der Waals surface area contributed by atoms with Gasteiger partial charge in [0.2, 0.25) is 0 Å². The molecule has 0 aliphatic rings. The third-order valence-electron chi connectivity index (χ3n) is 5.19. The highest BCUT2D eigenvalue weighted by Crippen LogP contribution is 2.14. The molecule has 0 radical (unpaired) electrons. The Kier molecular flexibility index (Phi) is 12.0. The quantitative estimate of drug-likeness (QED) is 0.335. The van der Waals surface area contributed by atoms with Crippen LogP contribution in [0.4, 0.5) is 0 Å². The zero-order valence-electron chi connectivity index (χ0n) is 16.4. The number of hydrogen-bond acceptors (Lipinski definition) is 1. The van der Waals surface area contributed by atoms with Crippen molar-refractivity contribution in [3.05, 3.63) is 29.6 Å². The molecule has 0 atom stereocenters. The molecule has 1 aromatic heterocycles. The molecule has 0 spiro atoms. The van der Waals surface area contributed by atoms with Gasteiger partial charge in [-0.2, -0.15) is 0 Å². The molecule has 0 aromatic carbocycles. The fourth-order valence-electron chi connectivity index (χ4n) is 3.37. The highest BCUT2D eigenvalue weighted by molar-refractivity contribution is 5.66. The molecular weight excluding hydrogens is 310 g/mol. The summed E-state index contributed by atoms with van der Waals surface area (Å²) in [6, 6.07) is 4.41. The van der Waals surface area contributed by atoms with Crippen molar-refractivity contribution in [3.63, 3.8) is 0 Å². The second kappa shape index (κ2) is 13.9. The monoisotopic (exact) mass is 348 g/mol. The number of hydrogen-bond donors (Lipinski definition) is 1. The number of carboxylic acid groups (broad SMARTS) is 1. The Morgan fingerprint density at radius 1 is 0.880 bits per heavy atom. The maximum atomic E-state index is 10.4. The zero-order valence-corrected chi connectivity index (χ0v) is 16.4. The SMILES string of the molecule is Cc1c(CCCCCCCCCCCCCCC(=O)O)ccc[n+]1C. The Balaban J connectivity index is 1.85. The van der Waals surface area contributed by atoms with Gasteiger partial charge in [-0.1, -0.05) is 64.2 Å². The molecule has 3 heteroatoms. The maximum absolute atomic E-state index is 10.4. The lowest BCUT2D eigenvalue weighted by Crippen LogP contribution is -2.32. The van der Waals surface area contributed by atoms with Gasteiger partial charge in [0.05, 0.1) is 0 Å². The molecule has 0 saturated heterocycles. The van der Waals surface area contributed by atoms with Gasteiger partial charge in [-0.25, -0.2) is 4.57 Å². The first-order valence-electron chi connectivity index (χ1n) is 10.3. The number of unbranched alkanes of at least 4 members (excludes halogenated alkanes) is 11. The van der Waals surface area contributed by atoms with Gasteiger partial charge in [0.15, 0.2) is 11.9 Å². The lowest BCUT2D eigenvalue weighted by molar-refractivity contribution is -0.678. The Morgan fingerprint density at radius 3 is 1.88 bits per heavy atom. The van der Waals surface area contributed by atoms with E-state index in [1.54, 1.807) is 0 Å². The molecule has 1 rings (SSSR count). The predicted molar refractivity (Wildman–Crippen MR) is 104 cm³/mol. The molecule has 0 bridgehead atoms. The van der Waals surface area contributed by atoms with Crippen molar-refractivity contribution in [2.45, 2.75) is 96.8 Å². The van der Waals surface area contributed by atoms with Crippen LogP contribution in [0.15, 0.2) is 18.3 Å². The predicted octanol–water partition coefficient (Wildman–Crippen LogP) is 5.52. The van der Waals surface area contributed by atoms with E-state index in [-0.39, 0.29) is 0 Å². The lowest BCUT2D eigenvalue weighted by atomic mass is 10.0. The van der Waals surface area contributed by atoms with Crippen LogP contribution < -0.4 is 4.57 Å². The van der Waals surface area contributed by atoms with E-state index in [1.165, 1.54) is 81.9 Å². The third-order valence-corrected chi connectivity index (χ3v) is 5.19. The number of aliphatic carboxylic acids is 1. The Bertz CT molecular complexity index is 485. The summed E-state index contributed by atoms with van der Waals surface area (Å²) in [4.78, 5) is 10.4. The van der Waals surface area contributed by atoms with Crippen LogP contribution in [0.2, 0.25) is 0 Å². The van der Waals surface area contributed by atoms with Crippen LogP contribution in [0.5, 0.6) is 0 Å². The summed E-state index contributed by atoms with van der Waals surface area (Å²) in [7, 11) is 2.12. The molecule has 1 aromatic rings. The lowest BCUT2D eigenvalue weighted by Gasteiger charge is -2.05. The van der Waals surface area contributed by atoms with Crippen LogP contribution >= 0.6 is 0 Å². The van der Waals surface area contributed by atoms with Crippen LogP contribution in [0.1, 0.15) is 94.7 Å². The molecular formula is C22H38NO2+. The van der Waals surface area contributed by atoms with E-state index in [1.807, 2.05) is 0 Å². The highest BCUT2D eigenvalue weighted by atomic mass is 16.4. The number of carboxylic acids is 1. The Hall–Kier alpha value is -1.38. The van der Waals surface area contributed by atoms with Crippen LogP contribution in [-0.4, -0.2) is 11.1 Å². The molecule has 142 valence electrons. The van der Waals surface area contributed by atoms with E-state index >= 15 is 0 Å². The number of carbonyl (C=O) groups is 1. The zero-order chi connectivity index (χ0) is 18.3. The number of aryl methyl sites for hydroxylation is 2. The fourth-order valence-corrected chi connectivity index (χ4v) is 3.37. The molecule has 3 nitrogen and oxygen atoms in total. The van der Waals surface area contributed by atoms with Crippen molar-refractivity contribution in [2.75, 3.05) is 0 Å². The van der Waals surface area contributed by atoms with E-state index in [2.05, 4.69) is 36.9 Å². The summed E-state index contributed by atoms with van der Waals surface area (Å²) in [6.45, 7) is 2.21. The van der Waals surface area contributed by atoms with E-state index < -0.39 is 5.97 Å². The molecule has 0 amide bonds. The summed E-state index contributed by atoms with van der Waals surface area (Å²) in [5.41, 5.74) is 2.89. The van der Waals surface area contributed by atoms with E-state index in [9.17, 15) is 4.79 Å². The summed E-state index contributed by atoms with van der Waals surface area (Å²) in [5, 5.41) is 8.57. The minimum Gasteiger partial charge on any atom is -0.481 e. The van der Waals surface area contributed by atoms with E-state index in [0.29, 0.717) is 6.42 Å². The third kappa shape index (κ3) is 11.0. The number of nitrogens with zero attached hydrogens (tertiary/aromatic N) is 1. The van der Waals surface area contributed by atoms with Crippen molar-refractivity contribution in [3.8, 4) is 0 Å². The number of aromatic nitrogens is 1. The molecule has 0 fully saturated rings. The average Bonchev–Trinajstić information content (AvgIpc) is 2.58. The molecule has 0 aliphatic carbocycles. The Morgan fingerprint density at radius 2 is 1.36 bits per heavy atom. The molecule has 0 unspecified atom stereocenters. The molecule has 0 saturated carbocycles. The first-order chi connectivity index (χ1) is 12.1. The van der Waals surface area contributed by atoms with Gasteiger partial charge in [-0.15, -0.1) is 0 Å². The van der Waals surface area contributed by atoms with Gasteiger partial charge < -0.3 is 5.11 Å². The minimum absolute atomic E-state index is 0.336. The van der Waals surface area contributed by atoms with Crippen molar-refractivity contribution in [2.24, 2.45) is 7.05 Å². The summed E-state index contributed by atoms with van der Waals surface area (Å²) in [5.74, 6) is -0.659. The molecule has 25 heavy (non-hydrogen) atoms. The molecule has 0 aliphatic heterocycles. The second-order valence-corrected chi connectivity index (χ2v) is 7.37. The average molecular weight is 349 g/mol. The van der Waals surface area contributed by atoms with Crippen molar-refractivity contribution in [1.82, 2.24) is 0 Å². The first kappa shape index (κ1) is 21.7. The summed E-state index contributed by atoms with van der Waals surface area (Å²) < 4.78 is 2.21. The maximum Gasteiger partial charge on any atom is 0.303 e. The van der Waals surface area contributed by atoms with Gasteiger partial charge in [0.1, 0.15) is 7.05 Å². The normalized spacial score (nSPS) is 11.0. The van der Waals surface area contributed by atoms with Crippen LogP contribution in [0.3, 0.4) is 0 Å². The number of rotatable bonds is 15. The summed E-state index contributed by atoms with van der Waals surface area (Å²) >= 11 is 0. The first-order valence-corrected chi connectivity index (χ1v) is 10.3. The van der Waals surface area contributed by atoms with Gasteiger partial charge in [0.25, 0.3) is 0 Å². The van der Waals surface area contributed by atoms with Crippen LogP contribution in [0.25, 0.3) is 0 Å². The largest absolute Gasteiger partial charge is 0.481 e. The fraction of sp³-hybridized carbons (Fsp3) is 0.727. The molecule has 1 N–H and O–H groups in total. The smallest absolute Gasteiger partial charge is 0.303 e. The van der Waals surface area contributed by atoms with Gasteiger partial charge >= 0.3 is 5.97 Å². The van der Waals surface area contributed by atoms with E-state index in [0.717, 1.165) is 12.8 Å². The van der Waals surface area contributed by atoms with Crippen LogP contribution in [-0.2, 0) is 18.3 Å². The van der Waals surface area contributed by atoms with Crippen molar-refractivity contribution < 1.29 is 14.5 Å². The van der Waals surface area contributed by atoms with Gasteiger partial charge in [0, 0.05) is 25.0 Å². The topological polar surface area (TPSA) is 41.2 Å². The molecule has 1 heterocycles. The number of pyridine rings is 1. The van der Waals surface area contributed by atoms with Gasteiger partial charge in [-0.3, -0.25) is 4.79 Å².